The molecule has 0 aromatic heterocycles. The Morgan fingerprint density at radius 2 is 1.42 bits per heavy atom. The minimum atomic E-state index is 0.158. The molecule has 1 aliphatic carbocycles. The molecule has 2 atom stereocenters. The van der Waals surface area contributed by atoms with Gasteiger partial charge in [0.15, 0.2) is 0 Å². The number of benzene rings is 2. The van der Waals surface area contributed by atoms with Crippen molar-refractivity contribution in [2.24, 2.45) is 5.73 Å². The Morgan fingerprint density at radius 1 is 0.842 bits per heavy atom. The summed E-state index contributed by atoms with van der Waals surface area (Å²) in [6, 6.07) is 18.0. The minimum Gasteiger partial charge on any atom is -0.323 e. The molecule has 2 aromatic rings. The van der Waals surface area contributed by atoms with Gasteiger partial charge < -0.3 is 5.73 Å². The minimum absolute atomic E-state index is 0.158. The van der Waals surface area contributed by atoms with Gasteiger partial charge in [-0.1, -0.05) is 48.5 Å². The van der Waals surface area contributed by atoms with Crippen molar-refractivity contribution in [3.05, 3.63) is 70.8 Å². The van der Waals surface area contributed by atoms with Crippen molar-refractivity contribution < 1.29 is 0 Å². The maximum Gasteiger partial charge on any atom is 0.0459 e. The summed E-state index contributed by atoms with van der Waals surface area (Å²) in [5, 5.41) is 0. The van der Waals surface area contributed by atoms with Crippen LogP contribution in [0.2, 0.25) is 0 Å². The van der Waals surface area contributed by atoms with E-state index < -0.39 is 0 Å². The van der Waals surface area contributed by atoms with Crippen LogP contribution in [0.25, 0.3) is 0 Å². The molecule has 0 saturated heterocycles. The molecule has 19 heavy (non-hydrogen) atoms. The standard InChI is InChI=1S/C17H18N2/c18-17-15-8-4-3-5-12(15)9-16(17)19-10-13-6-1-2-7-14(13)11-19/h1-8,16-17H,9-11,18H2. The number of hydrogen-bond acceptors (Lipinski definition) is 2. The van der Waals surface area contributed by atoms with Crippen LogP contribution in [-0.2, 0) is 19.5 Å². The van der Waals surface area contributed by atoms with Crippen molar-refractivity contribution in [2.45, 2.75) is 31.6 Å². The lowest BCUT2D eigenvalue weighted by molar-refractivity contribution is 0.182. The van der Waals surface area contributed by atoms with Crippen molar-refractivity contribution >= 4 is 0 Å². The van der Waals surface area contributed by atoms with E-state index in [0.717, 1.165) is 19.5 Å². The zero-order chi connectivity index (χ0) is 12.8. The van der Waals surface area contributed by atoms with Crippen LogP contribution in [0.5, 0.6) is 0 Å². The van der Waals surface area contributed by atoms with E-state index >= 15 is 0 Å². The average molecular weight is 250 g/mol. The summed E-state index contributed by atoms with van der Waals surface area (Å²) in [6.07, 6.45) is 1.09. The van der Waals surface area contributed by atoms with Gasteiger partial charge in [0.1, 0.15) is 0 Å². The van der Waals surface area contributed by atoms with E-state index in [9.17, 15) is 0 Å². The van der Waals surface area contributed by atoms with Crippen LogP contribution < -0.4 is 5.73 Å². The van der Waals surface area contributed by atoms with Crippen LogP contribution in [0.3, 0.4) is 0 Å². The average Bonchev–Trinajstić information content (AvgIpc) is 3.00. The lowest BCUT2D eigenvalue weighted by atomic mass is 10.1. The first-order chi connectivity index (χ1) is 9.33. The molecule has 0 amide bonds. The van der Waals surface area contributed by atoms with E-state index in [-0.39, 0.29) is 6.04 Å². The van der Waals surface area contributed by atoms with Crippen molar-refractivity contribution in [3.63, 3.8) is 0 Å². The Kier molecular flexibility index (Phi) is 2.47. The van der Waals surface area contributed by atoms with Gasteiger partial charge in [-0.05, 0) is 28.7 Å². The van der Waals surface area contributed by atoms with Gasteiger partial charge in [-0.25, -0.2) is 0 Å². The lowest BCUT2D eigenvalue weighted by Crippen LogP contribution is -2.37. The highest BCUT2D eigenvalue weighted by atomic mass is 15.2. The molecule has 1 aliphatic heterocycles. The summed E-state index contributed by atoms with van der Waals surface area (Å²) < 4.78 is 0. The summed E-state index contributed by atoms with van der Waals surface area (Å²) in [5.41, 5.74) is 12.2. The highest BCUT2D eigenvalue weighted by Gasteiger charge is 2.35. The molecule has 2 aliphatic rings. The Hall–Kier alpha value is -1.64. The maximum absolute atomic E-state index is 6.46. The zero-order valence-electron chi connectivity index (χ0n) is 10.9. The molecule has 2 nitrogen and oxygen atoms in total. The second kappa shape index (κ2) is 4.19. The molecule has 4 rings (SSSR count). The smallest absolute Gasteiger partial charge is 0.0459 e. The molecular formula is C17H18N2. The van der Waals surface area contributed by atoms with Gasteiger partial charge in [-0.15, -0.1) is 0 Å². The van der Waals surface area contributed by atoms with Gasteiger partial charge in [0.25, 0.3) is 0 Å². The molecular weight excluding hydrogens is 232 g/mol. The summed E-state index contributed by atoms with van der Waals surface area (Å²) in [4.78, 5) is 2.54. The summed E-state index contributed by atoms with van der Waals surface area (Å²) in [6.45, 7) is 2.09. The molecule has 2 N–H and O–H groups in total. The third kappa shape index (κ3) is 1.71. The van der Waals surface area contributed by atoms with E-state index in [4.69, 9.17) is 5.73 Å². The Bertz CT molecular complexity index is 595. The number of nitrogens with two attached hydrogens (primary N) is 1. The zero-order valence-corrected chi connectivity index (χ0v) is 10.9. The van der Waals surface area contributed by atoms with Crippen molar-refractivity contribution in [1.82, 2.24) is 4.90 Å². The van der Waals surface area contributed by atoms with Gasteiger partial charge in [0, 0.05) is 25.2 Å². The van der Waals surface area contributed by atoms with E-state index in [1.54, 1.807) is 0 Å². The van der Waals surface area contributed by atoms with Gasteiger partial charge in [0.05, 0.1) is 0 Å². The molecule has 0 bridgehead atoms. The van der Waals surface area contributed by atoms with E-state index in [1.807, 2.05) is 0 Å². The molecule has 1 heterocycles. The normalized spacial score (nSPS) is 25.3. The SMILES string of the molecule is NC1c2ccccc2CC1N1Cc2ccccc2C1. The molecule has 96 valence electrons. The van der Waals surface area contributed by atoms with Crippen molar-refractivity contribution in [2.75, 3.05) is 0 Å². The lowest BCUT2D eigenvalue weighted by Gasteiger charge is -2.27. The van der Waals surface area contributed by atoms with Gasteiger partial charge >= 0.3 is 0 Å². The summed E-state index contributed by atoms with van der Waals surface area (Å²) >= 11 is 0. The van der Waals surface area contributed by atoms with E-state index in [2.05, 4.69) is 53.4 Å². The molecule has 2 aromatic carbocycles. The largest absolute Gasteiger partial charge is 0.323 e. The summed E-state index contributed by atoms with van der Waals surface area (Å²) in [5.74, 6) is 0. The summed E-state index contributed by atoms with van der Waals surface area (Å²) in [7, 11) is 0. The molecule has 2 unspecified atom stereocenters. The van der Waals surface area contributed by atoms with Crippen LogP contribution >= 0.6 is 0 Å². The first-order valence-electron chi connectivity index (χ1n) is 6.97. The Balaban J connectivity index is 1.61. The van der Waals surface area contributed by atoms with E-state index in [1.165, 1.54) is 22.3 Å². The number of nitrogens with zero attached hydrogens (tertiary/aromatic N) is 1. The van der Waals surface area contributed by atoms with Crippen LogP contribution in [-0.4, -0.2) is 10.9 Å². The molecule has 0 spiro atoms. The van der Waals surface area contributed by atoms with Crippen LogP contribution in [0.4, 0.5) is 0 Å². The number of hydrogen-bond donors (Lipinski definition) is 1. The monoisotopic (exact) mass is 250 g/mol. The molecule has 0 fully saturated rings. The first kappa shape index (κ1) is 11.2. The third-order valence-electron chi connectivity index (χ3n) is 4.59. The van der Waals surface area contributed by atoms with Crippen LogP contribution in [0, 0.1) is 0 Å². The van der Waals surface area contributed by atoms with Gasteiger partial charge in [-0.2, -0.15) is 0 Å². The number of rotatable bonds is 1. The second-order valence-electron chi connectivity index (χ2n) is 5.67. The molecule has 0 saturated carbocycles. The second-order valence-corrected chi connectivity index (χ2v) is 5.67. The van der Waals surface area contributed by atoms with Gasteiger partial charge in [0.2, 0.25) is 0 Å². The fourth-order valence-electron chi connectivity index (χ4n) is 3.56. The third-order valence-corrected chi connectivity index (χ3v) is 4.59. The highest BCUT2D eigenvalue weighted by molar-refractivity contribution is 5.38. The van der Waals surface area contributed by atoms with Crippen LogP contribution in [0.1, 0.15) is 28.3 Å². The quantitative estimate of drug-likeness (QED) is 0.843. The topological polar surface area (TPSA) is 29.3 Å². The first-order valence-corrected chi connectivity index (χ1v) is 6.97. The molecule has 0 radical (unpaired) electrons. The maximum atomic E-state index is 6.46. The van der Waals surface area contributed by atoms with Crippen molar-refractivity contribution in [1.29, 1.82) is 0 Å². The van der Waals surface area contributed by atoms with Crippen molar-refractivity contribution in [3.8, 4) is 0 Å². The predicted octanol–water partition coefficient (Wildman–Crippen LogP) is 2.63. The Morgan fingerprint density at radius 3 is 2.05 bits per heavy atom. The predicted molar refractivity (Wildman–Crippen MR) is 76.6 cm³/mol. The highest BCUT2D eigenvalue weighted by Crippen LogP contribution is 2.36. The fourth-order valence-corrected chi connectivity index (χ4v) is 3.56. The van der Waals surface area contributed by atoms with E-state index in [0.29, 0.717) is 6.04 Å². The molecule has 2 heteroatoms. The fraction of sp³-hybridized carbons (Fsp3) is 0.294. The Labute approximate surface area is 113 Å². The number of fused-ring (bicyclic) bond motifs is 2. The van der Waals surface area contributed by atoms with Crippen LogP contribution in [0.15, 0.2) is 48.5 Å². The van der Waals surface area contributed by atoms with Gasteiger partial charge in [-0.3, -0.25) is 4.90 Å².